The highest BCUT2D eigenvalue weighted by Gasteiger charge is 2.34. The molecule has 132 valence electrons. The summed E-state index contributed by atoms with van der Waals surface area (Å²) in [7, 11) is 0. The van der Waals surface area contributed by atoms with Crippen molar-refractivity contribution in [3.05, 3.63) is 65.7 Å². The summed E-state index contributed by atoms with van der Waals surface area (Å²) in [6.07, 6.45) is 3.32. The van der Waals surface area contributed by atoms with Gasteiger partial charge in [0.05, 0.1) is 12.2 Å². The fraction of sp³-hybridized carbons (Fsp3) is 0.211. The van der Waals surface area contributed by atoms with E-state index in [0.29, 0.717) is 11.3 Å². The number of carbonyl (C=O) groups is 1. The van der Waals surface area contributed by atoms with E-state index in [1.54, 1.807) is 17.1 Å². The van der Waals surface area contributed by atoms with Gasteiger partial charge in [-0.1, -0.05) is 0 Å². The van der Waals surface area contributed by atoms with Crippen molar-refractivity contribution < 1.29 is 13.6 Å². The number of benzene rings is 1. The first-order chi connectivity index (χ1) is 12.4. The Kier molecular flexibility index (Phi) is 3.79. The van der Waals surface area contributed by atoms with Gasteiger partial charge in [0.25, 0.3) is 5.91 Å². The number of nitrogens with zero attached hydrogens (tertiary/aromatic N) is 4. The van der Waals surface area contributed by atoms with Crippen molar-refractivity contribution in [1.82, 2.24) is 14.8 Å². The second-order valence-corrected chi connectivity index (χ2v) is 6.43. The predicted octanol–water partition coefficient (Wildman–Crippen LogP) is 3.75. The lowest BCUT2D eigenvalue weighted by atomic mass is 10.0. The first-order valence-electron chi connectivity index (χ1n) is 8.22. The van der Waals surface area contributed by atoms with Crippen LogP contribution in [-0.4, -0.2) is 27.2 Å². The van der Waals surface area contributed by atoms with Gasteiger partial charge in [0.15, 0.2) is 0 Å². The Bertz CT molecular complexity index is 994. The number of amides is 1. The zero-order valence-electron chi connectivity index (χ0n) is 14.3. The van der Waals surface area contributed by atoms with Crippen LogP contribution in [0.1, 0.15) is 29.1 Å². The standard InChI is InChI=1S/C19H16F2N4O/c1-11-5-13(3-4-22-11)17-9-23-25-12(2)10-24(19(26)18(17)25)16-7-14(20)6-15(21)8-16/h3-9,12H,10H2,1-2H3/t12-/m0/s1. The number of anilines is 1. The lowest BCUT2D eigenvalue weighted by molar-refractivity contribution is 0.0954. The predicted molar refractivity (Wildman–Crippen MR) is 92.9 cm³/mol. The Morgan fingerprint density at radius 3 is 2.58 bits per heavy atom. The van der Waals surface area contributed by atoms with Crippen molar-refractivity contribution in [1.29, 1.82) is 0 Å². The van der Waals surface area contributed by atoms with Gasteiger partial charge in [-0.25, -0.2) is 8.78 Å². The van der Waals surface area contributed by atoms with E-state index in [0.717, 1.165) is 29.5 Å². The molecular formula is C19H16F2N4O. The lowest BCUT2D eigenvalue weighted by Gasteiger charge is -2.32. The quantitative estimate of drug-likeness (QED) is 0.704. The maximum absolute atomic E-state index is 13.6. The van der Waals surface area contributed by atoms with E-state index < -0.39 is 11.6 Å². The van der Waals surface area contributed by atoms with Crippen molar-refractivity contribution in [2.75, 3.05) is 11.4 Å². The number of aryl methyl sites for hydroxylation is 1. The fourth-order valence-electron chi connectivity index (χ4n) is 3.30. The van der Waals surface area contributed by atoms with Crippen LogP contribution in [-0.2, 0) is 0 Å². The summed E-state index contributed by atoms with van der Waals surface area (Å²) >= 11 is 0. The molecule has 5 nitrogen and oxygen atoms in total. The molecule has 1 aliphatic heterocycles. The topological polar surface area (TPSA) is 51.0 Å². The lowest BCUT2D eigenvalue weighted by Crippen LogP contribution is -2.43. The van der Waals surface area contributed by atoms with Gasteiger partial charge >= 0.3 is 0 Å². The minimum Gasteiger partial charge on any atom is -0.305 e. The monoisotopic (exact) mass is 354 g/mol. The summed E-state index contributed by atoms with van der Waals surface area (Å²) in [4.78, 5) is 18.7. The molecule has 0 radical (unpaired) electrons. The molecule has 0 fully saturated rings. The zero-order chi connectivity index (χ0) is 18.4. The number of fused-ring (bicyclic) bond motifs is 1. The van der Waals surface area contributed by atoms with Crippen molar-refractivity contribution in [2.45, 2.75) is 19.9 Å². The SMILES string of the molecule is Cc1cc(-c2cnn3c2C(=O)N(c2cc(F)cc(F)c2)C[C@@H]3C)ccn1. The highest BCUT2D eigenvalue weighted by atomic mass is 19.1. The summed E-state index contributed by atoms with van der Waals surface area (Å²) in [6.45, 7) is 4.06. The van der Waals surface area contributed by atoms with Crippen LogP contribution in [0.5, 0.6) is 0 Å². The third-order valence-corrected chi connectivity index (χ3v) is 4.47. The first-order valence-corrected chi connectivity index (χ1v) is 8.22. The van der Waals surface area contributed by atoms with Gasteiger partial charge in [-0.05, 0) is 43.7 Å². The Labute approximate surface area is 148 Å². The molecule has 2 aromatic heterocycles. The third-order valence-electron chi connectivity index (χ3n) is 4.47. The van der Waals surface area contributed by atoms with Gasteiger partial charge in [0, 0.05) is 35.8 Å². The Morgan fingerprint density at radius 1 is 1.15 bits per heavy atom. The second-order valence-electron chi connectivity index (χ2n) is 6.43. The number of hydrogen-bond donors (Lipinski definition) is 0. The molecule has 0 saturated carbocycles. The number of aromatic nitrogens is 3. The molecule has 1 aromatic carbocycles. The van der Waals surface area contributed by atoms with E-state index in [1.807, 2.05) is 26.0 Å². The number of rotatable bonds is 2. The first kappa shape index (κ1) is 16.4. The Balaban J connectivity index is 1.83. The van der Waals surface area contributed by atoms with Gasteiger partial charge in [-0.15, -0.1) is 0 Å². The smallest absolute Gasteiger partial charge is 0.277 e. The molecular weight excluding hydrogens is 338 g/mol. The van der Waals surface area contributed by atoms with Crippen LogP contribution in [0.25, 0.3) is 11.1 Å². The van der Waals surface area contributed by atoms with E-state index in [9.17, 15) is 13.6 Å². The van der Waals surface area contributed by atoms with Crippen LogP contribution in [0.3, 0.4) is 0 Å². The number of pyridine rings is 1. The number of carbonyl (C=O) groups excluding carboxylic acids is 1. The minimum absolute atomic E-state index is 0.134. The zero-order valence-corrected chi connectivity index (χ0v) is 14.3. The molecule has 7 heteroatoms. The van der Waals surface area contributed by atoms with Crippen LogP contribution in [0.15, 0.2) is 42.7 Å². The maximum atomic E-state index is 13.6. The molecule has 0 aliphatic carbocycles. The van der Waals surface area contributed by atoms with Crippen molar-refractivity contribution in [3.63, 3.8) is 0 Å². The molecule has 0 spiro atoms. The van der Waals surface area contributed by atoms with Crippen LogP contribution in [0.2, 0.25) is 0 Å². The van der Waals surface area contributed by atoms with E-state index in [2.05, 4.69) is 10.1 Å². The largest absolute Gasteiger partial charge is 0.305 e. The van der Waals surface area contributed by atoms with Gasteiger partial charge in [-0.3, -0.25) is 14.5 Å². The average Bonchev–Trinajstić information content (AvgIpc) is 3.03. The van der Waals surface area contributed by atoms with Gasteiger partial charge < -0.3 is 4.90 Å². The maximum Gasteiger partial charge on any atom is 0.277 e. The average molecular weight is 354 g/mol. The fourth-order valence-corrected chi connectivity index (χ4v) is 3.30. The molecule has 0 unspecified atom stereocenters. The van der Waals surface area contributed by atoms with Gasteiger partial charge in [-0.2, -0.15) is 5.10 Å². The molecule has 4 rings (SSSR count). The Morgan fingerprint density at radius 2 is 1.88 bits per heavy atom. The van der Waals surface area contributed by atoms with Crippen LogP contribution < -0.4 is 4.90 Å². The van der Waals surface area contributed by atoms with Crippen molar-refractivity contribution in [3.8, 4) is 11.1 Å². The summed E-state index contributed by atoms with van der Waals surface area (Å²) in [5.41, 5.74) is 2.92. The summed E-state index contributed by atoms with van der Waals surface area (Å²) in [5.74, 6) is -1.77. The normalized spacial score (nSPS) is 16.7. The Hall–Kier alpha value is -3.09. The highest BCUT2D eigenvalue weighted by molar-refractivity contribution is 6.09. The molecule has 0 N–H and O–H groups in total. The highest BCUT2D eigenvalue weighted by Crippen LogP contribution is 2.33. The minimum atomic E-state index is -0.718. The van der Waals surface area contributed by atoms with E-state index in [-0.39, 0.29) is 24.2 Å². The van der Waals surface area contributed by atoms with Crippen molar-refractivity contribution in [2.24, 2.45) is 0 Å². The second kappa shape index (κ2) is 6.01. The number of halogens is 2. The van der Waals surface area contributed by atoms with Crippen LogP contribution >= 0.6 is 0 Å². The molecule has 3 aromatic rings. The molecule has 0 bridgehead atoms. The number of hydrogen-bond acceptors (Lipinski definition) is 3. The van der Waals surface area contributed by atoms with Gasteiger partial charge in [0.1, 0.15) is 17.3 Å². The third kappa shape index (κ3) is 2.65. The van der Waals surface area contributed by atoms with E-state index in [1.165, 1.54) is 4.90 Å². The molecule has 3 heterocycles. The van der Waals surface area contributed by atoms with E-state index in [4.69, 9.17) is 0 Å². The molecule has 26 heavy (non-hydrogen) atoms. The summed E-state index contributed by atoms with van der Waals surface area (Å²) in [6, 6.07) is 6.66. The molecule has 1 amide bonds. The molecule has 1 atom stereocenters. The molecule has 0 saturated heterocycles. The van der Waals surface area contributed by atoms with Crippen molar-refractivity contribution >= 4 is 11.6 Å². The van der Waals surface area contributed by atoms with Gasteiger partial charge in [0.2, 0.25) is 0 Å². The summed E-state index contributed by atoms with van der Waals surface area (Å²) in [5, 5.41) is 4.36. The van der Waals surface area contributed by atoms with Crippen LogP contribution in [0, 0.1) is 18.6 Å². The molecule has 1 aliphatic rings. The van der Waals surface area contributed by atoms with Crippen LogP contribution in [0.4, 0.5) is 14.5 Å². The summed E-state index contributed by atoms with van der Waals surface area (Å²) < 4.78 is 28.9. The van der Waals surface area contributed by atoms with E-state index >= 15 is 0 Å².